The molecule has 0 radical (unpaired) electrons. The maximum atomic E-state index is 5.91. The molecule has 2 N–H and O–H groups in total. The van der Waals surface area contributed by atoms with Gasteiger partial charge in [-0.05, 0) is 31.0 Å². The molecule has 82 valence electrons. The first-order valence-corrected chi connectivity index (χ1v) is 6.83. The van der Waals surface area contributed by atoms with Crippen LogP contribution in [-0.4, -0.2) is 18.5 Å². The van der Waals surface area contributed by atoms with Gasteiger partial charge in [0.05, 0.1) is 6.10 Å². The molecule has 1 aliphatic rings. The van der Waals surface area contributed by atoms with Crippen LogP contribution in [0.1, 0.15) is 12.8 Å². The third kappa shape index (κ3) is 3.13. The van der Waals surface area contributed by atoms with E-state index in [-0.39, 0.29) is 0 Å². The van der Waals surface area contributed by atoms with E-state index in [9.17, 15) is 0 Å². The summed E-state index contributed by atoms with van der Waals surface area (Å²) in [5, 5.41) is 0. The van der Waals surface area contributed by atoms with Gasteiger partial charge in [-0.25, -0.2) is 0 Å². The third-order valence-corrected chi connectivity index (χ3v) is 4.14. The van der Waals surface area contributed by atoms with Crippen LogP contribution in [0.4, 0.5) is 5.69 Å². The number of thioether (sulfide) groups is 1. The second-order valence-electron chi connectivity index (χ2n) is 3.63. The van der Waals surface area contributed by atoms with Gasteiger partial charge in [0.2, 0.25) is 0 Å². The molecule has 1 fully saturated rings. The quantitative estimate of drug-likeness (QED) is 0.684. The third-order valence-electron chi connectivity index (χ3n) is 2.42. The van der Waals surface area contributed by atoms with Gasteiger partial charge in [-0.3, -0.25) is 0 Å². The maximum Gasteiger partial charge on any atom is 0.0669 e. The molecule has 2 rings (SSSR count). The molecule has 1 aromatic carbocycles. The standard InChI is InChI=1S/C11H14BrNOS/c12-8-3-4-11(10(13)6-8)15-7-9-2-1-5-14-9/h3-4,6,9H,1-2,5,7,13H2. The molecule has 1 saturated heterocycles. The molecule has 1 atom stereocenters. The lowest BCUT2D eigenvalue weighted by Gasteiger charge is -2.10. The van der Waals surface area contributed by atoms with Gasteiger partial charge in [0.1, 0.15) is 0 Å². The second-order valence-corrected chi connectivity index (χ2v) is 5.61. The fraction of sp³-hybridized carbons (Fsp3) is 0.455. The van der Waals surface area contributed by atoms with Crippen LogP contribution in [-0.2, 0) is 4.74 Å². The first-order valence-electron chi connectivity index (χ1n) is 5.05. The van der Waals surface area contributed by atoms with Crippen molar-refractivity contribution in [3.8, 4) is 0 Å². The molecule has 1 unspecified atom stereocenters. The molecule has 0 saturated carbocycles. The summed E-state index contributed by atoms with van der Waals surface area (Å²) in [5.41, 5.74) is 6.75. The number of nitrogen functional groups attached to an aromatic ring is 1. The average Bonchev–Trinajstić information content (AvgIpc) is 2.69. The Morgan fingerprint density at radius 3 is 3.07 bits per heavy atom. The van der Waals surface area contributed by atoms with Crippen molar-refractivity contribution < 1.29 is 4.74 Å². The predicted molar refractivity (Wildman–Crippen MR) is 68.3 cm³/mol. The van der Waals surface area contributed by atoms with E-state index in [0.29, 0.717) is 6.10 Å². The van der Waals surface area contributed by atoms with Gasteiger partial charge >= 0.3 is 0 Å². The predicted octanol–water partition coefficient (Wildman–Crippen LogP) is 3.30. The van der Waals surface area contributed by atoms with Gasteiger partial charge in [0.15, 0.2) is 0 Å². The molecule has 0 amide bonds. The van der Waals surface area contributed by atoms with Gasteiger partial charge in [-0.2, -0.15) is 0 Å². The van der Waals surface area contributed by atoms with E-state index in [2.05, 4.69) is 22.0 Å². The lowest BCUT2D eigenvalue weighted by molar-refractivity contribution is 0.129. The fourth-order valence-corrected chi connectivity index (χ4v) is 3.01. The van der Waals surface area contributed by atoms with E-state index in [0.717, 1.165) is 27.4 Å². The molecule has 0 aromatic heterocycles. The Balaban J connectivity index is 1.92. The van der Waals surface area contributed by atoms with Crippen LogP contribution in [0.15, 0.2) is 27.6 Å². The number of hydrogen-bond acceptors (Lipinski definition) is 3. The Labute approximate surface area is 103 Å². The molecule has 4 heteroatoms. The van der Waals surface area contributed by atoms with Crippen molar-refractivity contribution in [2.24, 2.45) is 0 Å². The molecular formula is C11H14BrNOS. The van der Waals surface area contributed by atoms with Crippen LogP contribution in [0, 0.1) is 0 Å². The summed E-state index contributed by atoms with van der Waals surface area (Å²) in [6, 6.07) is 6.02. The molecule has 0 bridgehead atoms. The van der Waals surface area contributed by atoms with Crippen molar-refractivity contribution in [3.63, 3.8) is 0 Å². The summed E-state index contributed by atoms with van der Waals surface area (Å²) < 4.78 is 6.60. The molecule has 0 aliphatic carbocycles. The highest BCUT2D eigenvalue weighted by atomic mass is 79.9. The SMILES string of the molecule is Nc1cc(Br)ccc1SCC1CCCO1. The van der Waals surface area contributed by atoms with E-state index < -0.39 is 0 Å². The lowest BCUT2D eigenvalue weighted by atomic mass is 10.3. The molecule has 2 nitrogen and oxygen atoms in total. The van der Waals surface area contributed by atoms with Crippen molar-refractivity contribution in [1.29, 1.82) is 0 Å². The highest BCUT2D eigenvalue weighted by Gasteiger charge is 2.15. The highest BCUT2D eigenvalue weighted by Crippen LogP contribution is 2.30. The van der Waals surface area contributed by atoms with E-state index in [4.69, 9.17) is 10.5 Å². The molecule has 15 heavy (non-hydrogen) atoms. The zero-order valence-electron chi connectivity index (χ0n) is 8.41. The fourth-order valence-electron chi connectivity index (χ4n) is 1.61. The number of halogens is 1. The van der Waals surface area contributed by atoms with Crippen LogP contribution in [0.2, 0.25) is 0 Å². The van der Waals surface area contributed by atoms with E-state index in [1.54, 1.807) is 11.8 Å². The minimum absolute atomic E-state index is 0.415. The van der Waals surface area contributed by atoms with Crippen LogP contribution >= 0.6 is 27.7 Å². The summed E-state index contributed by atoms with van der Waals surface area (Å²) in [7, 11) is 0. The Morgan fingerprint density at radius 1 is 1.53 bits per heavy atom. The summed E-state index contributed by atoms with van der Waals surface area (Å²) in [4.78, 5) is 1.15. The van der Waals surface area contributed by atoms with Crippen molar-refractivity contribution in [2.45, 2.75) is 23.8 Å². The number of benzene rings is 1. The Morgan fingerprint density at radius 2 is 2.40 bits per heavy atom. The largest absolute Gasteiger partial charge is 0.398 e. The number of hydrogen-bond donors (Lipinski definition) is 1. The van der Waals surface area contributed by atoms with Gasteiger partial charge in [0, 0.05) is 27.4 Å². The van der Waals surface area contributed by atoms with E-state index >= 15 is 0 Å². The zero-order valence-corrected chi connectivity index (χ0v) is 10.8. The Kier molecular flexibility index (Phi) is 3.94. The van der Waals surface area contributed by atoms with Crippen molar-refractivity contribution in [3.05, 3.63) is 22.7 Å². The van der Waals surface area contributed by atoms with Crippen molar-refractivity contribution in [2.75, 3.05) is 18.1 Å². The minimum atomic E-state index is 0.415. The maximum absolute atomic E-state index is 5.91. The zero-order chi connectivity index (χ0) is 10.7. The van der Waals surface area contributed by atoms with Gasteiger partial charge in [-0.1, -0.05) is 15.9 Å². The Hall–Kier alpha value is -0.190. The summed E-state index contributed by atoms with van der Waals surface area (Å²) in [6.45, 7) is 0.918. The molecule has 1 aliphatic heterocycles. The molecular weight excluding hydrogens is 274 g/mol. The van der Waals surface area contributed by atoms with E-state index in [1.807, 2.05) is 12.1 Å². The first kappa shape index (κ1) is 11.3. The van der Waals surface area contributed by atoms with Gasteiger partial charge in [0.25, 0.3) is 0 Å². The Bertz CT molecular complexity index is 339. The van der Waals surface area contributed by atoms with Crippen LogP contribution in [0.5, 0.6) is 0 Å². The topological polar surface area (TPSA) is 35.2 Å². The second kappa shape index (κ2) is 5.23. The molecule has 1 heterocycles. The van der Waals surface area contributed by atoms with Crippen molar-refractivity contribution >= 4 is 33.4 Å². The number of rotatable bonds is 3. The smallest absolute Gasteiger partial charge is 0.0669 e. The first-order chi connectivity index (χ1) is 7.25. The number of anilines is 1. The monoisotopic (exact) mass is 287 g/mol. The average molecular weight is 288 g/mol. The van der Waals surface area contributed by atoms with Crippen LogP contribution in [0.25, 0.3) is 0 Å². The highest BCUT2D eigenvalue weighted by molar-refractivity contribution is 9.10. The van der Waals surface area contributed by atoms with Gasteiger partial charge in [-0.15, -0.1) is 11.8 Å². The van der Waals surface area contributed by atoms with Crippen LogP contribution < -0.4 is 5.73 Å². The number of ether oxygens (including phenoxy) is 1. The molecule has 0 spiro atoms. The van der Waals surface area contributed by atoms with Crippen molar-refractivity contribution in [1.82, 2.24) is 0 Å². The normalized spacial score (nSPS) is 20.7. The minimum Gasteiger partial charge on any atom is -0.398 e. The van der Waals surface area contributed by atoms with E-state index in [1.165, 1.54) is 12.8 Å². The summed E-state index contributed by atoms with van der Waals surface area (Å²) in [5.74, 6) is 1.01. The number of nitrogens with two attached hydrogens (primary N) is 1. The van der Waals surface area contributed by atoms with Gasteiger partial charge < -0.3 is 10.5 Å². The summed E-state index contributed by atoms with van der Waals surface area (Å²) in [6.07, 6.45) is 2.79. The lowest BCUT2D eigenvalue weighted by Crippen LogP contribution is -2.07. The van der Waals surface area contributed by atoms with Crippen LogP contribution in [0.3, 0.4) is 0 Å². The molecule has 1 aromatic rings. The summed E-state index contributed by atoms with van der Waals surface area (Å²) >= 11 is 5.18.